The van der Waals surface area contributed by atoms with Crippen molar-refractivity contribution in [3.63, 3.8) is 0 Å². The fourth-order valence-electron chi connectivity index (χ4n) is 2.79. The standard InChI is InChI=1S/C16H15Cl/c1-11-7-13-9-14(17)10-16(15(13)8-11)12-5-3-2-4-6-12/h2-6,9-11H,7-8H2,1H3. The van der Waals surface area contributed by atoms with E-state index in [0.29, 0.717) is 0 Å². The van der Waals surface area contributed by atoms with Gasteiger partial charge in [0.2, 0.25) is 0 Å². The van der Waals surface area contributed by atoms with Crippen LogP contribution < -0.4 is 0 Å². The number of halogens is 1. The maximum atomic E-state index is 6.23. The smallest absolute Gasteiger partial charge is 0.0415 e. The van der Waals surface area contributed by atoms with Crippen molar-refractivity contribution in [1.82, 2.24) is 0 Å². The second-order valence-electron chi connectivity index (χ2n) is 4.97. The van der Waals surface area contributed by atoms with Crippen LogP contribution in [0.3, 0.4) is 0 Å². The van der Waals surface area contributed by atoms with Gasteiger partial charge in [0.15, 0.2) is 0 Å². The van der Waals surface area contributed by atoms with Crippen molar-refractivity contribution >= 4 is 11.6 Å². The molecule has 1 heteroatoms. The minimum Gasteiger partial charge on any atom is -0.0843 e. The molecule has 0 radical (unpaired) electrons. The predicted molar refractivity (Wildman–Crippen MR) is 73.5 cm³/mol. The lowest BCUT2D eigenvalue weighted by molar-refractivity contribution is 0.628. The largest absolute Gasteiger partial charge is 0.0843 e. The third-order valence-corrected chi connectivity index (χ3v) is 3.73. The summed E-state index contributed by atoms with van der Waals surface area (Å²) < 4.78 is 0. The Morgan fingerprint density at radius 1 is 1.06 bits per heavy atom. The average Bonchev–Trinajstić information content (AvgIpc) is 2.69. The highest BCUT2D eigenvalue weighted by atomic mass is 35.5. The summed E-state index contributed by atoms with van der Waals surface area (Å²) in [7, 11) is 0. The van der Waals surface area contributed by atoms with Crippen LogP contribution in [0.4, 0.5) is 0 Å². The first-order valence-corrected chi connectivity index (χ1v) is 6.48. The van der Waals surface area contributed by atoms with Gasteiger partial charge < -0.3 is 0 Å². The van der Waals surface area contributed by atoms with E-state index in [9.17, 15) is 0 Å². The summed E-state index contributed by atoms with van der Waals surface area (Å²) in [6.45, 7) is 2.31. The van der Waals surface area contributed by atoms with E-state index >= 15 is 0 Å². The minimum atomic E-state index is 0.742. The number of rotatable bonds is 1. The first-order valence-electron chi connectivity index (χ1n) is 6.11. The van der Waals surface area contributed by atoms with Crippen LogP contribution in [0.2, 0.25) is 5.02 Å². The van der Waals surface area contributed by atoms with Gasteiger partial charge in [-0.25, -0.2) is 0 Å². The Bertz CT molecular complexity index is 543. The molecule has 86 valence electrons. The van der Waals surface area contributed by atoms with Crippen molar-refractivity contribution < 1.29 is 0 Å². The predicted octanol–water partition coefficient (Wildman–Crippen LogP) is 4.74. The molecule has 0 saturated carbocycles. The van der Waals surface area contributed by atoms with Crippen molar-refractivity contribution in [3.8, 4) is 11.1 Å². The first kappa shape index (κ1) is 10.9. The van der Waals surface area contributed by atoms with Crippen LogP contribution >= 0.6 is 11.6 Å². The van der Waals surface area contributed by atoms with E-state index in [0.717, 1.165) is 17.4 Å². The lowest BCUT2D eigenvalue weighted by atomic mass is 9.97. The van der Waals surface area contributed by atoms with Crippen LogP contribution in [0.1, 0.15) is 18.1 Å². The summed E-state index contributed by atoms with van der Waals surface area (Å²) in [6.07, 6.45) is 2.34. The van der Waals surface area contributed by atoms with Gasteiger partial charge >= 0.3 is 0 Å². The number of benzene rings is 2. The zero-order valence-corrected chi connectivity index (χ0v) is 10.7. The van der Waals surface area contributed by atoms with Gasteiger partial charge in [-0.2, -0.15) is 0 Å². The Labute approximate surface area is 107 Å². The lowest BCUT2D eigenvalue weighted by Gasteiger charge is -2.09. The molecule has 2 aromatic rings. The topological polar surface area (TPSA) is 0 Å². The van der Waals surface area contributed by atoms with E-state index in [-0.39, 0.29) is 0 Å². The minimum absolute atomic E-state index is 0.742. The van der Waals surface area contributed by atoms with Crippen molar-refractivity contribution in [2.45, 2.75) is 19.8 Å². The monoisotopic (exact) mass is 242 g/mol. The maximum Gasteiger partial charge on any atom is 0.0415 e. The van der Waals surface area contributed by atoms with E-state index in [4.69, 9.17) is 11.6 Å². The van der Waals surface area contributed by atoms with Gasteiger partial charge in [0.1, 0.15) is 0 Å². The third-order valence-electron chi connectivity index (χ3n) is 3.51. The maximum absolute atomic E-state index is 6.23. The molecule has 0 heterocycles. The van der Waals surface area contributed by atoms with Crippen LogP contribution in [0.15, 0.2) is 42.5 Å². The molecule has 2 aromatic carbocycles. The van der Waals surface area contributed by atoms with Crippen LogP contribution in [0.25, 0.3) is 11.1 Å². The molecule has 0 nitrogen and oxygen atoms in total. The molecule has 1 aliphatic carbocycles. The Balaban J connectivity index is 2.18. The summed E-state index contributed by atoms with van der Waals surface area (Å²) in [4.78, 5) is 0. The number of hydrogen-bond donors (Lipinski definition) is 0. The molecule has 1 atom stereocenters. The highest BCUT2D eigenvalue weighted by Gasteiger charge is 2.21. The number of fused-ring (bicyclic) bond motifs is 1. The molecule has 0 bridgehead atoms. The molecule has 1 aliphatic rings. The molecule has 0 aliphatic heterocycles. The van der Waals surface area contributed by atoms with Crippen molar-refractivity contribution in [2.75, 3.05) is 0 Å². The molecule has 17 heavy (non-hydrogen) atoms. The zero-order valence-electron chi connectivity index (χ0n) is 9.91. The summed E-state index contributed by atoms with van der Waals surface area (Å²) >= 11 is 6.23. The second-order valence-corrected chi connectivity index (χ2v) is 5.41. The molecule has 0 saturated heterocycles. The second kappa shape index (κ2) is 4.19. The van der Waals surface area contributed by atoms with E-state index in [1.165, 1.54) is 28.7 Å². The molecular weight excluding hydrogens is 228 g/mol. The quantitative estimate of drug-likeness (QED) is 0.678. The van der Waals surface area contributed by atoms with Gasteiger partial charge in [-0.15, -0.1) is 0 Å². The van der Waals surface area contributed by atoms with E-state index in [2.05, 4.69) is 49.4 Å². The fourth-order valence-corrected chi connectivity index (χ4v) is 3.03. The Morgan fingerprint density at radius 3 is 2.59 bits per heavy atom. The summed E-state index contributed by atoms with van der Waals surface area (Å²) in [6, 6.07) is 14.8. The zero-order chi connectivity index (χ0) is 11.8. The SMILES string of the molecule is CC1Cc2cc(Cl)cc(-c3ccccc3)c2C1. The van der Waals surface area contributed by atoms with Crippen LogP contribution in [-0.2, 0) is 12.8 Å². The lowest BCUT2D eigenvalue weighted by Crippen LogP contribution is -1.91. The van der Waals surface area contributed by atoms with Crippen molar-refractivity contribution in [2.24, 2.45) is 5.92 Å². The van der Waals surface area contributed by atoms with E-state index < -0.39 is 0 Å². The molecule has 0 spiro atoms. The summed E-state index contributed by atoms with van der Waals surface area (Å²) in [5.74, 6) is 0.742. The van der Waals surface area contributed by atoms with Crippen molar-refractivity contribution in [3.05, 3.63) is 58.6 Å². The average molecular weight is 243 g/mol. The Kier molecular flexibility index (Phi) is 2.68. The molecular formula is C16H15Cl. The highest BCUT2D eigenvalue weighted by Crippen LogP contribution is 2.37. The molecule has 3 rings (SSSR count). The molecule has 0 N–H and O–H groups in total. The van der Waals surface area contributed by atoms with Gasteiger partial charge in [-0.05, 0) is 53.1 Å². The van der Waals surface area contributed by atoms with E-state index in [1.807, 2.05) is 0 Å². The molecule has 0 fully saturated rings. The Morgan fingerprint density at radius 2 is 1.82 bits per heavy atom. The molecule has 0 aromatic heterocycles. The third kappa shape index (κ3) is 1.98. The molecule has 1 unspecified atom stereocenters. The molecule has 0 amide bonds. The van der Waals surface area contributed by atoms with E-state index in [1.54, 1.807) is 0 Å². The normalized spacial score (nSPS) is 18.1. The fraction of sp³-hybridized carbons (Fsp3) is 0.250. The Hall–Kier alpha value is -1.27. The van der Waals surface area contributed by atoms with Crippen LogP contribution in [0, 0.1) is 5.92 Å². The van der Waals surface area contributed by atoms with Gasteiger partial charge in [-0.3, -0.25) is 0 Å². The van der Waals surface area contributed by atoms with Crippen LogP contribution in [0.5, 0.6) is 0 Å². The van der Waals surface area contributed by atoms with Gasteiger partial charge in [0.25, 0.3) is 0 Å². The number of hydrogen-bond acceptors (Lipinski definition) is 0. The first-order chi connectivity index (χ1) is 8.24. The highest BCUT2D eigenvalue weighted by molar-refractivity contribution is 6.31. The van der Waals surface area contributed by atoms with Crippen LogP contribution in [-0.4, -0.2) is 0 Å². The summed E-state index contributed by atoms with van der Waals surface area (Å²) in [5, 5.41) is 0.858. The van der Waals surface area contributed by atoms with Crippen molar-refractivity contribution in [1.29, 1.82) is 0 Å². The summed E-state index contributed by atoms with van der Waals surface area (Å²) in [5.41, 5.74) is 5.52. The van der Waals surface area contributed by atoms with Gasteiger partial charge in [0.05, 0.1) is 0 Å². The van der Waals surface area contributed by atoms with Gasteiger partial charge in [0, 0.05) is 5.02 Å². The van der Waals surface area contributed by atoms with Gasteiger partial charge in [-0.1, -0.05) is 48.9 Å².